The molecule has 112 valence electrons. The Morgan fingerprint density at radius 2 is 2.05 bits per heavy atom. The van der Waals surface area contributed by atoms with Gasteiger partial charge in [0, 0.05) is 24.4 Å². The van der Waals surface area contributed by atoms with E-state index in [9.17, 15) is 8.78 Å². The summed E-state index contributed by atoms with van der Waals surface area (Å²) in [5.41, 5.74) is 0.469. The molecular formula is C16H18F2N2O. The van der Waals surface area contributed by atoms with Crippen LogP contribution in [0, 0.1) is 17.6 Å². The maximum atomic E-state index is 14.3. The van der Waals surface area contributed by atoms with Gasteiger partial charge >= 0.3 is 0 Å². The molecule has 0 saturated carbocycles. The van der Waals surface area contributed by atoms with Gasteiger partial charge in [-0.2, -0.15) is 0 Å². The molecule has 21 heavy (non-hydrogen) atoms. The molecular weight excluding hydrogens is 274 g/mol. The first-order chi connectivity index (χ1) is 10.1. The van der Waals surface area contributed by atoms with Crippen LogP contribution in [-0.2, 0) is 6.54 Å². The number of ether oxygens (including phenoxy) is 1. The second kappa shape index (κ2) is 7.13. The molecule has 0 fully saturated rings. The first-order valence-electron chi connectivity index (χ1n) is 6.84. The largest absolute Gasteiger partial charge is 0.436 e. The average molecular weight is 292 g/mol. The highest BCUT2D eigenvalue weighted by molar-refractivity contribution is 5.30. The number of hydrogen-bond donors (Lipinski definition) is 1. The van der Waals surface area contributed by atoms with Crippen molar-refractivity contribution < 1.29 is 13.5 Å². The lowest BCUT2D eigenvalue weighted by Gasteiger charge is -2.10. The van der Waals surface area contributed by atoms with Crippen LogP contribution >= 0.6 is 0 Å². The van der Waals surface area contributed by atoms with Crippen LogP contribution in [0.3, 0.4) is 0 Å². The average Bonchev–Trinajstić information content (AvgIpc) is 2.42. The molecule has 1 aromatic heterocycles. The zero-order chi connectivity index (χ0) is 15.2. The highest BCUT2D eigenvalue weighted by Gasteiger charge is 2.12. The Labute approximate surface area is 123 Å². The van der Waals surface area contributed by atoms with E-state index < -0.39 is 11.6 Å². The van der Waals surface area contributed by atoms with Crippen LogP contribution in [0.25, 0.3) is 0 Å². The van der Waals surface area contributed by atoms with Crippen LogP contribution in [0.2, 0.25) is 0 Å². The van der Waals surface area contributed by atoms with Crippen molar-refractivity contribution in [3.05, 3.63) is 53.7 Å². The smallest absolute Gasteiger partial charge is 0.256 e. The van der Waals surface area contributed by atoms with Gasteiger partial charge in [0.2, 0.25) is 0 Å². The number of rotatable bonds is 6. The maximum Gasteiger partial charge on any atom is 0.256 e. The van der Waals surface area contributed by atoms with Gasteiger partial charge in [0.1, 0.15) is 11.6 Å². The first-order valence-corrected chi connectivity index (χ1v) is 6.84. The summed E-state index contributed by atoms with van der Waals surface area (Å²) in [4.78, 5) is 3.86. The standard InChI is InChI=1S/C16H18F2N2O/c1-11(2)9-19-10-12-6-7-20-16(15(12)18)21-14-5-3-4-13(17)8-14/h3-8,11,19H,9-10H2,1-2H3. The zero-order valence-electron chi connectivity index (χ0n) is 12.1. The minimum atomic E-state index is -0.530. The second-order valence-electron chi connectivity index (χ2n) is 5.17. The van der Waals surface area contributed by atoms with Gasteiger partial charge in [0.15, 0.2) is 5.82 Å². The summed E-state index contributed by atoms with van der Waals surface area (Å²) in [5.74, 6) is -0.420. The number of benzene rings is 1. The normalized spacial score (nSPS) is 10.9. The van der Waals surface area contributed by atoms with Crippen LogP contribution in [-0.4, -0.2) is 11.5 Å². The molecule has 0 amide bonds. The minimum absolute atomic E-state index is 0.149. The molecule has 0 radical (unpaired) electrons. The Bertz CT molecular complexity index is 603. The minimum Gasteiger partial charge on any atom is -0.436 e. The predicted molar refractivity (Wildman–Crippen MR) is 77.2 cm³/mol. The molecule has 0 spiro atoms. The third kappa shape index (κ3) is 4.49. The molecule has 1 aromatic carbocycles. The molecule has 2 aromatic rings. The van der Waals surface area contributed by atoms with Crippen LogP contribution < -0.4 is 10.1 Å². The Balaban J connectivity index is 2.10. The first kappa shape index (κ1) is 15.4. The molecule has 5 heteroatoms. The fourth-order valence-electron chi connectivity index (χ4n) is 1.81. The van der Waals surface area contributed by atoms with Crippen molar-refractivity contribution in [3.8, 4) is 11.6 Å². The predicted octanol–water partition coefficient (Wildman–Crippen LogP) is 3.90. The van der Waals surface area contributed by atoms with Gasteiger partial charge in [-0.25, -0.2) is 13.8 Å². The lowest BCUT2D eigenvalue weighted by molar-refractivity contribution is 0.414. The number of nitrogens with zero attached hydrogens (tertiary/aromatic N) is 1. The Hall–Kier alpha value is -2.01. The summed E-state index contributed by atoms with van der Waals surface area (Å²) in [5, 5.41) is 3.16. The van der Waals surface area contributed by atoms with Crippen LogP contribution in [0.15, 0.2) is 36.5 Å². The number of hydrogen-bond acceptors (Lipinski definition) is 3. The van der Waals surface area contributed by atoms with Crippen molar-refractivity contribution in [1.82, 2.24) is 10.3 Å². The van der Waals surface area contributed by atoms with Crippen molar-refractivity contribution in [2.24, 2.45) is 5.92 Å². The lowest BCUT2D eigenvalue weighted by Crippen LogP contribution is -2.19. The number of halogens is 2. The van der Waals surface area contributed by atoms with E-state index in [0.717, 1.165) is 6.54 Å². The second-order valence-corrected chi connectivity index (χ2v) is 5.17. The monoisotopic (exact) mass is 292 g/mol. The Kier molecular flexibility index (Phi) is 5.22. The quantitative estimate of drug-likeness (QED) is 0.877. The fourth-order valence-corrected chi connectivity index (χ4v) is 1.81. The molecule has 1 N–H and O–H groups in total. The third-order valence-corrected chi connectivity index (χ3v) is 2.82. The summed E-state index contributed by atoms with van der Waals surface area (Å²) in [7, 11) is 0. The van der Waals surface area contributed by atoms with E-state index in [2.05, 4.69) is 24.1 Å². The highest BCUT2D eigenvalue weighted by atomic mass is 19.1. The SMILES string of the molecule is CC(C)CNCc1ccnc(Oc2cccc(F)c2)c1F. The molecule has 0 aliphatic rings. The Morgan fingerprint density at radius 3 is 2.76 bits per heavy atom. The summed E-state index contributed by atoms with van der Waals surface area (Å²) in [6.45, 7) is 5.34. The van der Waals surface area contributed by atoms with Crippen molar-refractivity contribution in [3.63, 3.8) is 0 Å². The molecule has 0 bridgehead atoms. The molecule has 0 aliphatic heterocycles. The number of aromatic nitrogens is 1. The summed E-state index contributed by atoms with van der Waals surface area (Å²) < 4.78 is 32.7. The van der Waals surface area contributed by atoms with Crippen molar-refractivity contribution in [1.29, 1.82) is 0 Å². The molecule has 0 unspecified atom stereocenters. The molecule has 3 nitrogen and oxygen atoms in total. The van der Waals surface area contributed by atoms with E-state index in [1.807, 2.05) is 0 Å². The Morgan fingerprint density at radius 1 is 1.24 bits per heavy atom. The van der Waals surface area contributed by atoms with Crippen molar-refractivity contribution in [2.75, 3.05) is 6.54 Å². The van der Waals surface area contributed by atoms with Crippen LogP contribution in [0.4, 0.5) is 8.78 Å². The number of nitrogens with one attached hydrogen (secondary N) is 1. The van der Waals surface area contributed by atoms with E-state index >= 15 is 0 Å². The molecule has 2 rings (SSSR count). The van der Waals surface area contributed by atoms with Gasteiger partial charge < -0.3 is 10.1 Å². The van der Waals surface area contributed by atoms with Crippen molar-refractivity contribution >= 4 is 0 Å². The lowest BCUT2D eigenvalue weighted by atomic mass is 10.2. The van der Waals surface area contributed by atoms with E-state index in [1.54, 1.807) is 12.1 Å². The molecule has 0 atom stereocenters. The topological polar surface area (TPSA) is 34.2 Å². The van der Waals surface area contributed by atoms with E-state index in [4.69, 9.17) is 4.74 Å². The van der Waals surface area contributed by atoms with Gasteiger partial charge in [0.05, 0.1) is 0 Å². The van der Waals surface area contributed by atoms with Crippen molar-refractivity contribution in [2.45, 2.75) is 20.4 Å². The van der Waals surface area contributed by atoms with E-state index in [-0.39, 0.29) is 11.6 Å². The summed E-state index contributed by atoms with van der Waals surface area (Å²) in [6.07, 6.45) is 1.48. The van der Waals surface area contributed by atoms with Gasteiger partial charge in [-0.3, -0.25) is 0 Å². The fraction of sp³-hybridized carbons (Fsp3) is 0.312. The molecule has 1 heterocycles. The summed E-state index contributed by atoms with van der Waals surface area (Å²) >= 11 is 0. The van der Waals surface area contributed by atoms with Gasteiger partial charge in [-0.05, 0) is 30.7 Å². The van der Waals surface area contributed by atoms with Crippen LogP contribution in [0.5, 0.6) is 11.6 Å². The molecule has 0 saturated heterocycles. The highest BCUT2D eigenvalue weighted by Crippen LogP contribution is 2.24. The van der Waals surface area contributed by atoms with E-state index in [1.165, 1.54) is 24.4 Å². The molecule has 0 aliphatic carbocycles. The van der Waals surface area contributed by atoms with Gasteiger partial charge in [-0.15, -0.1) is 0 Å². The zero-order valence-corrected chi connectivity index (χ0v) is 12.1. The third-order valence-electron chi connectivity index (χ3n) is 2.82. The van der Waals surface area contributed by atoms with Gasteiger partial charge in [0.25, 0.3) is 5.88 Å². The maximum absolute atomic E-state index is 14.3. The van der Waals surface area contributed by atoms with Crippen LogP contribution in [0.1, 0.15) is 19.4 Å². The van der Waals surface area contributed by atoms with Gasteiger partial charge in [-0.1, -0.05) is 19.9 Å². The summed E-state index contributed by atoms with van der Waals surface area (Å²) in [6, 6.07) is 7.12. The van der Waals surface area contributed by atoms with E-state index in [0.29, 0.717) is 18.0 Å². The number of pyridine rings is 1.